The van der Waals surface area contributed by atoms with Gasteiger partial charge in [-0.2, -0.15) is 5.10 Å². The van der Waals surface area contributed by atoms with Crippen LogP contribution in [-0.4, -0.2) is 44.8 Å². The van der Waals surface area contributed by atoms with Crippen LogP contribution in [0.25, 0.3) is 0 Å². The van der Waals surface area contributed by atoms with Crippen LogP contribution >= 0.6 is 0 Å². The second kappa shape index (κ2) is 12.6. The molecule has 0 bridgehead atoms. The zero-order chi connectivity index (χ0) is 25.9. The van der Waals surface area contributed by atoms with Crippen LogP contribution in [0.4, 0.5) is 11.4 Å². The average Bonchev–Trinajstić information content (AvgIpc) is 2.89. The van der Waals surface area contributed by atoms with Gasteiger partial charge in [0.2, 0.25) is 0 Å². The molecule has 10 heteroatoms. The first kappa shape index (κ1) is 25.8. The first-order valence-electron chi connectivity index (χ1n) is 10.8. The number of methoxy groups -OCH3 is 2. The van der Waals surface area contributed by atoms with E-state index in [-0.39, 0.29) is 18.2 Å². The maximum atomic E-state index is 12.2. The molecule has 0 spiro atoms. The summed E-state index contributed by atoms with van der Waals surface area (Å²) in [5.74, 6) is -0.819. The summed E-state index contributed by atoms with van der Waals surface area (Å²) in [6.07, 6.45) is 1.37. The van der Waals surface area contributed by atoms with Crippen LogP contribution in [0.2, 0.25) is 0 Å². The Morgan fingerprint density at radius 3 is 2.19 bits per heavy atom. The summed E-state index contributed by atoms with van der Waals surface area (Å²) in [4.78, 5) is 36.3. The third-order valence-electron chi connectivity index (χ3n) is 4.83. The van der Waals surface area contributed by atoms with Gasteiger partial charge in [-0.15, -0.1) is 0 Å². The van der Waals surface area contributed by atoms with Crippen molar-refractivity contribution < 1.29 is 28.6 Å². The van der Waals surface area contributed by atoms with Crippen LogP contribution in [0.15, 0.2) is 71.8 Å². The second-order valence-corrected chi connectivity index (χ2v) is 7.49. The maximum absolute atomic E-state index is 12.2. The van der Waals surface area contributed by atoms with E-state index in [0.717, 1.165) is 5.56 Å². The van der Waals surface area contributed by atoms with E-state index in [1.807, 2.05) is 31.2 Å². The molecule has 186 valence electrons. The van der Waals surface area contributed by atoms with Gasteiger partial charge in [-0.3, -0.25) is 14.4 Å². The number of carbonyl (C=O) groups excluding carboxylic acids is 3. The molecule has 0 fully saturated rings. The predicted octanol–water partition coefficient (Wildman–Crippen LogP) is 3.12. The van der Waals surface area contributed by atoms with E-state index < -0.39 is 11.8 Å². The lowest BCUT2D eigenvalue weighted by molar-refractivity contribution is -0.136. The normalized spacial score (nSPS) is 10.4. The quantitative estimate of drug-likeness (QED) is 0.240. The highest BCUT2D eigenvalue weighted by atomic mass is 16.5. The molecule has 3 N–H and O–H groups in total. The topological polar surface area (TPSA) is 127 Å². The number of ether oxygens (including phenoxy) is 3. The molecule has 0 aromatic heterocycles. The van der Waals surface area contributed by atoms with Gasteiger partial charge in [0.05, 0.1) is 26.1 Å². The molecule has 3 aromatic carbocycles. The molecule has 3 amide bonds. The molecular weight excluding hydrogens is 464 g/mol. The smallest absolute Gasteiger partial charge is 0.329 e. The van der Waals surface area contributed by atoms with Crippen molar-refractivity contribution in [2.45, 2.75) is 6.92 Å². The second-order valence-electron chi connectivity index (χ2n) is 7.49. The monoisotopic (exact) mass is 490 g/mol. The molecule has 0 aliphatic carbocycles. The van der Waals surface area contributed by atoms with E-state index in [1.165, 1.54) is 26.5 Å². The van der Waals surface area contributed by atoms with Crippen LogP contribution in [0.1, 0.15) is 11.1 Å². The van der Waals surface area contributed by atoms with Crippen LogP contribution in [0.5, 0.6) is 17.2 Å². The summed E-state index contributed by atoms with van der Waals surface area (Å²) in [6.45, 7) is 1.82. The Labute approximate surface area is 208 Å². The minimum absolute atomic E-state index is 0.148. The lowest BCUT2D eigenvalue weighted by Crippen LogP contribution is -2.32. The molecule has 36 heavy (non-hydrogen) atoms. The molecule has 0 atom stereocenters. The minimum Gasteiger partial charge on any atom is -0.497 e. The Bertz CT molecular complexity index is 1240. The number of anilines is 2. The van der Waals surface area contributed by atoms with Crippen molar-refractivity contribution in [3.63, 3.8) is 0 Å². The van der Waals surface area contributed by atoms with Crippen LogP contribution < -0.4 is 30.3 Å². The number of nitrogens with one attached hydrogen (secondary N) is 3. The first-order chi connectivity index (χ1) is 17.4. The van der Waals surface area contributed by atoms with Crippen molar-refractivity contribution in [3.8, 4) is 17.2 Å². The molecule has 3 aromatic rings. The fraction of sp³-hybridized carbons (Fsp3) is 0.154. The lowest BCUT2D eigenvalue weighted by Gasteiger charge is -2.11. The SMILES string of the molecule is COc1ccc(OC)c(NC(=O)C(=O)N/N=C\c2ccc(OCC(=O)Nc3ccc(C)cc3)cc2)c1. The Balaban J connectivity index is 1.46. The van der Waals surface area contributed by atoms with Crippen molar-refractivity contribution >= 4 is 35.3 Å². The van der Waals surface area contributed by atoms with Gasteiger partial charge >= 0.3 is 11.8 Å². The van der Waals surface area contributed by atoms with Gasteiger partial charge in [-0.1, -0.05) is 17.7 Å². The minimum atomic E-state index is -0.962. The number of hydrogen-bond acceptors (Lipinski definition) is 7. The molecule has 0 radical (unpaired) electrons. The van der Waals surface area contributed by atoms with Crippen molar-refractivity contribution in [2.75, 3.05) is 31.5 Å². The number of nitrogens with zero attached hydrogens (tertiary/aromatic N) is 1. The van der Waals surface area contributed by atoms with E-state index >= 15 is 0 Å². The number of hydrogen-bond donors (Lipinski definition) is 3. The number of aryl methyl sites for hydroxylation is 1. The highest BCUT2D eigenvalue weighted by molar-refractivity contribution is 6.39. The van der Waals surface area contributed by atoms with Gasteiger partial charge in [-0.05, 0) is 61.0 Å². The van der Waals surface area contributed by atoms with Gasteiger partial charge < -0.3 is 24.8 Å². The van der Waals surface area contributed by atoms with Gasteiger partial charge in [-0.25, -0.2) is 5.43 Å². The Morgan fingerprint density at radius 2 is 1.53 bits per heavy atom. The van der Waals surface area contributed by atoms with Crippen LogP contribution in [0.3, 0.4) is 0 Å². The predicted molar refractivity (Wildman–Crippen MR) is 136 cm³/mol. The number of benzene rings is 3. The lowest BCUT2D eigenvalue weighted by atomic mass is 10.2. The van der Waals surface area contributed by atoms with Gasteiger partial charge in [0.15, 0.2) is 6.61 Å². The third-order valence-corrected chi connectivity index (χ3v) is 4.83. The highest BCUT2D eigenvalue weighted by Crippen LogP contribution is 2.28. The van der Waals surface area contributed by atoms with Crippen molar-refractivity contribution in [3.05, 3.63) is 77.9 Å². The van der Waals surface area contributed by atoms with Crippen LogP contribution in [0, 0.1) is 6.92 Å². The third kappa shape index (κ3) is 7.59. The van der Waals surface area contributed by atoms with Crippen LogP contribution in [-0.2, 0) is 14.4 Å². The molecule has 0 aliphatic heterocycles. The van der Waals surface area contributed by atoms with E-state index in [9.17, 15) is 14.4 Å². The summed E-state index contributed by atoms with van der Waals surface area (Å²) in [5, 5.41) is 9.00. The van der Waals surface area contributed by atoms with Crippen molar-refractivity contribution in [2.24, 2.45) is 5.10 Å². The molecule has 0 aliphatic rings. The number of carbonyl (C=O) groups is 3. The molecule has 10 nitrogen and oxygen atoms in total. The summed E-state index contributed by atoms with van der Waals surface area (Å²) in [6, 6.07) is 18.9. The number of rotatable bonds is 9. The van der Waals surface area contributed by atoms with Gasteiger partial charge in [0.1, 0.15) is 17.2 Å². The summed E-state index contributed by atoms with van der Waals surface area (Å²) in [7, 11) is 2.93. The molecule has 0 unspecified atom stereocenters. The molecule has 0 saturated heterocycles. The van der Waals surface area contributed by atoms with Crippen molar-refractivity contribution in [1.82, 2.24) is 5.43 Å². The zero-order valence-corrected chi connectivity index (χ0v) is 20.0. The molecule has 0 heterocycles. The van der Waals surface area contributed by atoms with E-state index in [0.29, 0.717) is 28.5 Å². The number of amides is 3. The first-order valence-corrected chi connectivity index (χ1v) is 10.8. The van der Waals surface area contributed by atoms with Crippen molar-refractivity contribution in [1.29, 1.82) is 0 Å². The molecule has 3 rings (SSSR count). The fourth-order valence-corrected chi connectivity index (χ4v) is 2.94. The average molecular weight is 491 g/mol. The fourth-order valence-electron chi connectivity index (χ4n) is 2.94. The molecular formula is C26H26N4O6. The Morgan fingerprint density at radius 1 is 0.833 bits per heavy atom. The van der Waals surface area contributed by atoms with Gasteiger partial charge in [0, 0.05) is 11.8 Å². The summed E-state index contributed by atoms with van der Waals surface area (Å²) < 4.78 is 15.8. The van der Waals surface area contributed by atoms with E-state index in [4.69, 9.17) is 14.2 Å². The molecule has 0 saturated carbocycles. The standard InChI is InChI=1S/C26H26N4O6/c1-17-4-8-19(9-5-17)28-24(31)16-36-20-10-6-18(7-11-20)15-27-30-26(33)25(32)29-22-14-21(34-2)12-13-23(22)35-3/h4-15H,16H2,1-3H3,(H,28,31)(H,29,32)(H,30,33)/b27-15-. The highest BCUT2D eigenvalue weighted by Gasteiger charge is 2.16. The van der Waals surface area contributed by atoms with E-state index in [2.05, 4.69) is 21.2 Å². The largest absolute Gasteiger partial charge is 0.497 e. The zero-order valence-electron chi connectivity index (χ0n) is 20.0. The summed E-state index contributed by atoms with van der Waals surface area (Å²) in [5.41, 5.74) is 4.88. The van der Waals surface area contributed by atoms with Gasteiger partial charge in [0.25, 0.3) is 5.91 Å². The maximum Gasteiger partial charge on any atom is 0.329 e. The number of hydrazone groups is 1. The Hall–Kier alpha value is -4.86. The summed E-state index contributed by atoms with van der Waals surface area (Å²) >= 11 is 0. The Kier molecular flexibility index (Phi) is 8.99. The van der Waals surface area contributed by atoms with E-state index in [1.54, 1.807) is 36.4 Å².